The molecule has 0 unspecified atom stereocenters. The highest BCUT2D eigenvalue weighted by atomic mass is 32.2. The summed E-state index contributed by atoms with van der Waals surface area (Å²) >= 11 is 0. The van der Waals surface area contributed by atoms with Gasteiger partial charge in [-0.2, -0.15) is 16.8 Å². The number of carboxylic acid groups (broad SMARTS) is 1. The number of hydrogen-bond donors (Lipinski definition) is 3. The highest BCUT2D eigenvalue weighted by molar-refractivity contribution is 7.86. The second-order valence-corrected chi connectivity index (χ2v) is 19.8. The molecular weight excluding hydrogens is 751 g/mol. The van der Waals surface area contributed by atoms with E-state index >= 15 is 0 Å². The molecule has 2 fully saturated rings. The summed E-state index contributed by atoms with van der Waals surface area (Å²) in [7, 11) is -8.22. The number of aliphatic carboxylic acids is 1. The maximum Gasteiger partial charge on any atom is 0.306 e. The zero-order chi connectivity index (χ0) is 40.6. The van der Waals surface area contributed by atoms with Crippen molar-refractivity contribution in [1.82, 2.24) is 0 Å². The molecule has 1 saturated heterocycles. The average molecular weight is 807 g/mol. The minimum atomic E-state index is -4.11. The van der Waals surface area contributed by atoms with Gasteiger partial charge in [-0.1, -0.05) is 75.7 Å². The predicted molar refractivity (Wildman–Crippen MR) is 222 cm³/mol. The van der Waals surface area contributed by atoms with Crippen molar-refractivity contribution in [2.45, 2.75) is 90.4 Å². The van der Waals surface area contributed by atoms with Gasteiger partial charge in [-0.25, -0.2) is 4.58 Å². The zero-order valence-corrected chi connectivity index (χ0v) is 34.8. The minimum absolute atomic E-state index is 0.265. The van der Waals surface area contributed by atoms with E-state index in [1.807, 2.05) is 18.2 Å². The number of nitrogens with zero attached hydrogens (tertiary/aromatic N) is 3. The summed E-state index contributed by atoms with van der Waals surface area (Å²) in [5.41, 5.74) is 10.2. The van der Waals surface area contributed by atoms with Crippen LogP contribution in [0.25, 0.3) is 0 Å². The Hall–Kier alpha value is -4.04. The molecule has 302 valence electrons. The highest BCUT2D eigenvalue weighted by Crippen LogP contribution is 2.49. The van der Waals surface area contributed by atoms with E-state index in [1.54, 1.807) is 0 Å². The number of anilines is 2. The molecule has 0 spiro atoms. The van der Waals surface area contributed by atoms with Crippen molar-refractivity contribution in [3.8, 4) is 0 Å². The van der Waals surface area contributed by atoms with Gasteiger partial charge in [-0.3, -0.25) is 13.9 Å². The van der Waals surface area contributed by atoms with Crippen molar-refractivity contribution < 1.29 is 40.4 Å². The van der Waals surface area contributed by atoms with Gasteiger partial charge < -0.3 is 14.9 Å². The summed E-state index contributed by atoms with van der Waals surface area (Å²) in [5, 5.41) is 9.81. The van der Waals surface area contributed by atoms with Crippen LogP contribution in [0.2, 0.25) is 0 Å². The molecule has 1 saturated carbocycles. The number of hydrogen-bond acceptors (Lipinski definition) is 7. The maximum absolute atomic E-state index is 11.9. The number of benzene rings is 2. The molecule has 2 aromatic carbocycles. The van der Waals surface area contributed by atoms with Crippen molar-refractivity contribution in [2.24, 2.45) is 5.92 Å². The molecule has 0 bridgehead atoms. The van der Waals surface area contributed by atoms with Gasteiger partial charge in [0, 0.05) is 70.7 Å². The molecular formula is C43H56N3O8S2+. The maximum atomic E-state index is 11.9. The minimum Gasteiger partial charge on any atom is -0.481 e. The Labute approximate surface area is 332 Å². The van der Waals surface area contributed by atoms with Gasteiger partial charge in [-0.15, -0.1) is 0 Å². The largest absolute Gasteiger partial charge is 0.481 e. The number of piperidine rings is 1. The molecule has 0 radical (unpaired) electrons. The van der Waals surface area contributed by atoms with Crippen LogP contribution in [-0.2, 0) is 35.9 Å². The van der Waals surface area contributed by atoms with Crippen LogP contribution < -0.4 is 9.80 Å². The van der Waals surface area contributed by atoms with Crippen LogP contribution in [0.3, 0.4) is 0 Å². The number of para-hydroxylation sites is 1. The average Bonchev–Trinajstić information content (AvgIpc) is 3.46. The first kappa shape index (κ1) is 41.6. The van der Waals surface area contributed by atoms with Gasteiger partial charge in [0.15, 0.2) is 0 Å². The van der Waals surface area contributed by atoms with Crippen molar-refractivity contribution in [1.29, 1.82) is 0 Å². The fourth-order valence-corrected chi connectivity index (χ4v) is 10.1. The molecule has 13 heteroatoms. The number of carboxylic acids is 1. The summed E-state index contributed by atoms with van der Waals surface area (Å²) in [6, 6.07) is 14.5. The number of carbonyl (C=O) groups is 1. The van der Waals surface area contributed by atoms with Crippen LogP contribution in [0, 0.1) is 12.8 Å². The fraction of sp³-hybridized carbons (Fsp3) is 0.488. The number of allylic oxidation sites excluding steroid dienone is 8. The molecule has 11 nitrogen and oxygen atoms in total. The molecule has 3 heterocycles. The summed E-state index contributed by atoms with van der Waals surface area (Å²) in [5.74, 6) is -1.80. The molecule has 0 aromatic heterocycles. The molecule has 0 amide bonds. The fourth-order valence-electron chi connectivity index (χ4n) is 9.07. The Balaban J connectivity index is 1.43. The summed E-state index contributed by atoms with van der Waals surface area (Å²) in [6.45, 7) is 12.8. The lowest BCUT2D eigenvalue weighted by atomic mass is 9.82. The van der Waals surface area contributed by atoms with E-state index in [9.17, 15) is 35.8 Å². The third kappa shape index (κ3) is 8.91. The van der Waals surface area contributed by atoms with Gasteiger partial charge in [0.2, 0.25) is 5.71 Å². The van der Waals surface area contributed by atoms with E-state index in [2.05, 4.69) is 97.6 Å². The molecule has 3 N–H and O–H groups in total. The normalized spacial score (nSPS) is 23.7. The third-order valence-corrected chi connectivity index (χ3v) is 13.6. The van der Waals surface area contributed by atoms with E-state index in [-0.39, 0.29) is 41.1 Å². The van der Waals surface area contributed by atoms with Crippen molar-refractivity contribution in [2.75, 3.05) is 47.5 Å². The van der Waals surface area contributed by atoms with Gasteiger partial charge >= 0.3 is 5.97 Å². The van der Waals surface area contributed by atoms with Crippen molar-refractivity contribution in [3.63, 3.8) is 0 Å². The lowest BCUT2D eigenvalue weighted by Gasteiger charge is -2.28. The van der Waals surface area contributed by atoms with Gasteiger partial charge in [0.05, 0.1) is 17.4 Å². The molecule has 4 aliphatic rings. The lowest BCUT2D eigenvalue weighted by molar-refractivity contribution is -0.539. The third-order valence-electron chi connectivity index (χ3n) is 12.0. The van der Waals surface area contributed by atoms with Crippen LogP contribution >= 0.6 is 0 Å². The predicted octanol–water partition coefficient (Wildman–Crippen LogP) is 7.20. The van der Waals surface area contributed by atoms with Crippen LogP contribution in [0.4, 0.5) is 11.4 Å². The molecule has 2 aromatic rings. The smallest absolute Gasteiger partial charge is 0.306 e. The van der Waals surface area contributed by atoms with Gasteiger partial charge in [0.25, 0.3) is 20.2 Å². The first-order chi connectivity index (χ1) is 26.3. The summed E-state index contributed by atoms with van der Waals surface area (Å²) in [4.78, 5) is 16.3. The molecule has 56 heavy (non-hydrogen) atoms. The van der Waals surface area contributed by atoms with E-state index < -0.39 is 26.2 Å². The Morgan fingerprint density at radius 1 is 0.768 bits per heavy atom. The standard InChI is InChI=1S/C43H55N3O8S2/c1-30-15-18-37-35(29-30)43(4,5)39(46(37)24-10-28-56(52,53)54)20-17-32-12-8-11-31(40(32)44-25-21-33(22-26-44)41(47)48)16-19-38-42(2,3)34-13-6-7-14-36(34)45(38)23-9-27-55(49,50)51/h6-7,13-20,29,33H,8-12,21-28H2,1-5H3,(H2-,47,48,49,50,51,52,53,54)/p+1. The van der Waals surface area contributed by atoms with E-state index in [1.165, 1.54) is 0 Å². The topological polar surface area (TPSA) is 156 Å². The first-order valence-electron chi connectivity index (χ1n) is 19.6. The highest BCUT2D eigenvalue weighted by Gasteiger charge is 2.41. The molecule has 0 atom stereocenters. The summed E-state index contributed by atoms with van der Waals surface area (Å²) < 4.78 is 68.0. The van der Waals surface area contributed by atoms with Crippen molar-refractivity contribution >= 4 is 43.3 Å². The van der Waals surface area contributed by atoms with Crippen LogP contribution in [0.15, 0.2) is 89.3 Å². The molecule has 6 rings (SSSR count). The van der Waals surface area contributed by atoms with Crippen LogP contribution in [0.5, 0.6) is 0 Å². The number of rotatable bonds is 11. The number of aryl methyl sites for hydroxylation is 1. The quantitative estimate of drug-likeness (QED) is 0.157. The number of fused-ring (bicyclic) bond motifs is 2. The lowest BCUT2D eigenvalue weighted by Crippen LogP contribution is -2.36. The Kier molecular flexibility index (Phi) is 11.9. The monoisotopic (exact) mass is 806 g/mol. The second kappa shape index (κ2) is 16.1. The Morgan fingerprint density at radius 2 is 1.27 bits per heavy atom. The van der Waals surface area contributed by atoms with Gasteiger partial charge in [-0.05, 0) is 74.4 Å². The SMILES string of the molecule is Cc1ccc2c(c1)C(C)(C)/C(=C/C=C1\CCC/C(=C\C=C3/N(CCCS(=O)(=O)O)c4ccccc4C3(C)C)C1=[N+]1CCC(C(=O)O)CC1)N2CCCS(=O)(=O)O. The summed E-state index contributed by atoms with van der Waals surface area (Å²) in [6.07, 6.45) is 12.9. The molecule has 1 aliphatic carbocycles. The zero-order valence-electron chi connectivity index (χ0n) is 33.2. The second-order valence-electron chi connectivity index (χ2n) is 16.7. The van der Waals surface area contributed by atoms with E-state index in [0.29, 0.717) is 39.0 Å². The van der Waals surface area contributed by atoms with Crippen LogP contribution in [-0.4, -0.2) is 85.0 Å². The van der Waals surface area contributed by atoms with Gasteiger partial charge in [0.1, 0.15) is 13.1 Å². The Bertz CT molecular complexity index is 2260. The Morgan fingerprint density at radius 3 is 1.79 bits per heavy atom. The van der Waals surface area contributed by atoms with Crippen LogP contribution in [0.1, 0.15) is 89.3 Å². The van der Waals surface area contributed by atoms with E-state index in [4.69, 9.17) is 0 Å². The molecule has 3 aliphatic heterocycles. The van der Waals surface area contributed by atoms with E-state index in [0.717, 1.165) is 75.6 Å². The first-order valence-corrected chi connectivity index (χ1v) is 22.8. The van der Waals surface area contributed by atoms with Crippen molar-refractivity contribution in [3.05, 3.63) is 106 Å².